The quantitative estimate of drug-likeness (QED) is 0.186. The SMILES string of the molecule is O=C(O)c1cc(F)c2nc(C34CCC(F)(COCc5c(-c6c(Cl)cccc6Cl)noc5C5CC5C(F)(F)F)CCC3C4)sc2c1. The molecule has 4 aromatic rings. The molecule has 0 aliphatic heterocycles. The fourth-order valence-corrected chi connectivity index (χ4v) is 8.67. The molecule has 0 bridgehead atoms. The van der Waals surface area contributed by atoms with Crippen LogP contribution >= 0.6 is 34.5 Å². The van der Waals surface area contributed by atoms with Gasteiger partial charge in [0.25, 0.3) is 0 Å². The van der Waals surface area contributed by atoms with Crippen molar-refractivity contribution in [1.82, 2.24) is 10.1 Å². The second-order valence-electron chi connectivity index (χ2n) is 12.3. The van der Waals surface area contributed by atoms with Crippen LogP contribution in [0.4, 0.5) is 22.0 Å². The van der Waals surface area contributed by atoms with E-state index in [4.69, 9.17) is 32.5 Å². The number of ether oxygens (including phenoxy) is 1. The van der Waals surface area contributed by atoms with Crippen LogP contribution in [0.3, 0.4) is 0 Å². The van der Waals surface area contributed by atoms with Gasteiger partial charge in [0.1, 0.15) is 27.6 Å². The van der Waals surface area contributed by atoms with Crippen LogP contribution in [0, 0.1) is 17.7 Å². The summed E-state index contributed by atoms with van der Waals surface area (Å²) in [7, 11) is 0. The molecule has 2 aromatic heterocycles. The van der Waals surface area contributed by atoms with Crippen LogP contribution in [-0.2, 0) is 16.8 Å². The van der Waals surface area contributed by atoms with Crippen LogP contribution in [0.2, 0.25) is 10.0 Å². The number of nitrogens with zero attached hydrogens (tertiary/aromatic N) is 2. The molecule has 14 heteroatoms. The molecular formula is C31H25Cl2F5N2O4S. The highest BCUT2D eigenvalue weighted by atomic mass is 35.5. The number of carboxylic acid groups (broad SMARTS) is 1. The van der Waals surface area contributed by atoms with Gasteiger partial charge in [0.15, 0.2) is 5.82 Å². The van der Waals surface area contributed by atoms with Crippen LogP contribution in [0.25, 0.3) is 21.5 Å². The summed E-state index contributed by atoms with van der Waals surface area (Å²) in [5.74, 6) is -4.26. The Morgan fingerprint density at radius 2 is 1.93 bits per heavy atom. The number of carbonyl (C=O) groups is 1. The van der Waals surface area contributed by atoms with E-state index in [9.17, 15) is 27.5 Å². The van der Waals surface area contributed by atoms with Crippen molar-refractivity contribution in [1.29, 1.82) is 0 Å². The lowest BCUT2D eigenvalue weighted by atomic mass is 9.93. The minimum absolute atomic E-state index is 0.0337. The van der Waals surface area contributed by atoms with E-state index in [2.05, 4.69) is 10.1 Å². The molecule has 6 nitrogen and oxygen atoms in total. The summed E-state index contributed by atoms with van der Waals surface area (Å²) < 4.78 is 83.0. The zero-order chi connectivity index (χ0) is 31.9. The van der Waals surface area contributed by atoms with Gasteiger partial charge >= 0.3 is 12.1 Å². The lowest BCUT2D eigenvalue weighted by molar-refractivity contribution is -0.149. The first-order chi connectivity index (χ1) is 21.3. The number of carboxylic acids is 1. The van der Waals surface area contributed by atoms with E-state index in [1.807, 2.05) is 0 Å². The first-order valence-corrected chi connectivity index (χ1v) is 16.0. The Morgan fingerprint density at radius 3 is 2.62 bits per heavy atom. The third kappa shape index (κ3) is 5.51. The van der Waals surface area contributed by atoms with Crippen LogP contribution < -0.4 is 0 Å². The summed E-state index contributed by atoms with van der Waals surface area (Å²) in [6.45, 7) is -0.556. The number of benzene rings is 2. The molecule has 3 fully saturated rings. The molecule has 0 amide bonds. The Morgan fingerprint density at radius 1 is 1.18 bits per heavy atom. The van der Waals surface area contributed by atoms with Crippen LogP contribution in [-0.4, -0.2) is 39.7 Å². The number of halogens is 7. The highest BCUT2D eigenvalue weighted by Crippen LogP contribution is 2.64. The number of fused-ring (bicyclic) bond motifs is 2. The molecule has 45 heavy (non-hydrogen) atoms. The highest BCUT2D eigenvalue weighted by Gasteiger charge is 2.60. The van der Waals surface area contributed by atoms with Crippen LogP contribution in [0.1, 0.15) is 71.1 Å². The average molecular weight is 688 g/mol. The second-order valence-corrected chi connectivity index (χ2v) is 14.2. The summed E-state index contributed by atoms with van der Waals surface area (Å²) in [4.78, 5) is 15.9. The zero-order valence-electron chi connectivity index (χ0n) is 23.4. The number of alkyl halides is 4. The van der Waals surface area contributed by atoms with E-state index >= 15 is 4.39 Å². The molecule has 5 unspecified atom stereocenters. The van der Waals surface area contributed by atoms with Crippen LogP contribution in [0.15, 0.2) is 34.9 Å². The predicted octanol–water partition coefficient (Wildman–Crippen LogP) is 9.52. The van der Waals surface area contributed by atoms with Gasteiger partial charge in [-0.25, -0.2) is 18.6 Å². The zero-order valence-corrected chi connectivity index (χ0v) is 25.7. The molecule has 0 radical (unpaired) electrons. The Labute approximate surface area is 267 Å². The van der Waals surface area contributed by atoms with Crippen LogP contribution in [0.5, 0.6) is 0 Å². The summed E-state index contributed by atoms with van der Waals surface area (Å²) in [5.41, 5.74) is -1.46. The van der Waals surface area contributed by atoms with Crippen molar-refractivity contribution in [2.24, 2.45) is 11.8 Å². The number of thiazole rings is 1. The van der Waals surface area contributed by atoms with Crippen molar-refractivity contribution < 1.29 is 41.1 Å². The number of rotatable bonds is 8. The first kappa shape index (κ1) is 30.8. The maximum Gasteiger partial charge on any atom is 0.392 e. The van der Waals surface area contributed by atoms with Gasteiger partial charge in [0.2, 0.25) is 0 Å². The molecule has 0 saturated heterocycles. The number of hydrogen-bond acceptors (Lipinski definition) is 6. The van der Waals surface area contributed by atoms with Crippen molar-refractivity contribution in [3.63, 3.8) is 0 Å². The molecule has 3 aliphatic rings. The Hall–Kier alpha value is -2.80. The minimum Gasteiger partial charge on any atom is -0.478 e. The minimum atomic E-state index is -4.40. The average Bonchev–Trinajstić information content (AvgIpc) is 3.84. The molecule has 1 N–H and O–H groups in total. The lowest BCUT2D eigenvalue weighted by Crippen LogP contribution is -2.29. The third-order valence-electron chi connectivity index (χ3n) is 9.49. The van der Waals surface area contributed by atoms with Crippen molar-refractivity contribution in [3.8, 4) is 11.3 Å². The smallest absolute Gasteiger partial charge is 0.392 e. The van der Waals surface area contributed by atoms with Gasteiger partial charge in [-0.3, -0.25) is 0 Å². The molecule has 2 heterocycles. The molecule has 238 valence electrons. The van der Waals surface area contributed by atoms with Gasteiger partial charge in [0, 0.05) is 22.5 Å². The van der Waals surface area contributed by atoms with E-state index < -0.39 is 40.9 Å². The standard InChI is InChI=1S/C31H25Cl2F5N2O4S/c32-19-2-1-3-20(33)23(19)24-17(26(44-40-24)16-10-18(16)31(36,37)38)12-43-13-29(35)5-4-15-11-30(15,7-6-29)28-39-25-21(34)8-14(27(41)42)9-22(25)45-28/h1-3,8-9,15-16,18H,4-7,10-13H2,(H,41,42). The van der Waals surface area contributed by atoms with E-state index in [0.717, 1.165) is 12.5 Å². The van der Waals surface area contributed by atoms with Crippen molar-refractivity contribution in [2.75, 3.05) is 6.61 Å². The van der Waals surface area contributed by atoms with Crippen molar-refractivity contribution in [3.05, 3.63) is 68.1 Å². The van der Waals surface area contributed by atoms with Crippen molar-refractivity contribution >= 4 is 50.7 Å². The summed E-state index contributed by atoms with van der Waals surface area (Å²) in [6.07, 6.45) is -2.42. The van der Waals surface area contributed by atoms with Gasteiger partial charge < -0.3 is 14.4 Å². The van der Waals surface area contributed by atoms with E-state index in [1.54, 1.807) is 18.2 Å². The van der Waals surface area contributed by atoms with E-state index in [1.165, 1.54) is 17.4 Å². The Bertz CT molecular complexity index is 1810. The molecular weight excluding hydrogens is 662 g/mol. The van der Waals surface area contributed by atoms with Gasteiger partial charge in [-0.1, -0.05) is 34.4 Å². The fraction of sp³-hybridized carbons (Fsp3) is 0.452. The van der Waals surface area contributed by atoms with Gasteiger partial charge in [0.05, 0.1) is 39.4 Å². The molecule has 5 atom stereocenters. The maximum atomic E-state index is 16.3. The Balaban J connectivity index is 1.09. The number of aromatic nitrogens is 2. The van der Waals surface area contributed by atoms with E-state index in [-0.39, 0.29) is 76.5 Å². The van der Waals surface area contributed by atoms with Gasteiger partial charge in [-0.05, 0) is 68.7 Å². The number of hydrogen-bond donors (Lipinski definition) is 1. The van der Waals surface area contributed by atoms with E-state index in [0.29, 0.717) is 28.1 Å². The molecule has 3 saturated carbocycles. The van der Waals surface area contributed by atoms with Gasteiger partial charge in [-0.15, -0.1) is 11.3 Å². The van der Waals surface area contributed by atoms with Crippen molar-refractivity contribution in [2.45, 2.75) is 68.3 Å². The molecule has 0 spiro atoms. The fourth-order valence-electron chi connectivity index (χ4n) is 6.76. The normalized spacial score (nSPS) is 27.8. The summed E-state index contributed by atoms with van der Waals surface area (Å²) >= 11 is 14.0. The second kappa shape index (κ2) is 10.9. The maximum absolute atomic E-state index is 16.3. The lowest BCUT2D eigenvalue weighted by Gasteiger charge is -2.25. The predicted molar refractivity (Wildman–Crippen MR) is 157 cm³/mol. The number of aromatic carboxylic acids is 1. The monoisotopic (exact) mass is 686 g/mol. The molecule has 7 rings (SSSR count). The summed E-state index contributed by atoms with van der Waals surface area (Å²) in [5, 5.41) is 14.5. The third-order valence-corrected chi connectivity index (χ3v) is 11.3. The molecule has 3 aliphatic carbocycles. The topological polar surface area (TPSA) is 85.5 Å². The highest BCUT2D eigenvalue weighted by molar-refractivity contribution is 7.18. The first-order valence-electron chi connectivity index (χ1n) is 14.4. The Kier molecular flexibility index (Phi) is 7.46. The largest absolute Gasteiger partial charge is 0.478 e. The van der Waals surface area contributed by atoms with Gasteiger partial charge in [-0.2, -0.15) is 13.2 Å². The summed E-state index contributed by atoms with van der Waals surface area (Å²) in [6, 6.07) is 7.13. The molecule has 2 aromatic carbocycles.